The molecule has 0 aliphatic carbocycles. The smallest absolute Gasteiger partial charge is 0.745 e. The second kappa shape index (κ2) is 7.24. The van der Waals surface area contributed by atoms with E-state index in [1.54, 1.807) is 0 Å². The summed E-state index contributed by atoms with van der Waals surface area (Å²) >= 11 is 0. The van der Waals surface area contributed by atoms with Gasteiger partial charge in [0.2, 0.25) is 0 Å². The summed E-state index contributed by atoms with van der Waals surface area (Å²) in [7, 11) is -8.30. The Morgan fingerprint density at radius 1 is 0.846 bits per heavy atom. The predicted molar refractivity (Wildman–Crippen MR) is 39.8 cm³/mol. The minimum atomic E-state index is -4.15. The zero-order valence-electron chi connectivity index (χ0n) is 6.19. The van der Waals surface area contributed by atoms with E-state index in [0.717, 1.165) is 0 Å². The summed E-state index contributed by atoms with van der Waals surface area (Å²) in [6, 6.07) is 0. The topological polar surface area (TPSA) is 114 Å². The molecule has 0 saturated carbocycles. The summed E-state index contributed by atoms with van der Waals surface area (Å²) in [5, 5.41) is 0.708. The van der Waals surface area contributed by atoms with Crippen molar-refractivity contribution in [1.82, 2.24) is 0 Å². The number of hydrogen-bond donors (Lipinski definition) is 0. The molecule has 6 nitrogen and oxygen atoms in total. The van der Waals surface area contributed by atoms with Gasteiger partial charge in [-0.1, -0.05) is 13.2 Å². The summed E-state index contributed by atoms with van der Waals surface area (Å²) < 4.78 is 56.0. The van der Waals surface area contributed by atoms with Gasteiger partial charge in [0.25, 0.3) is 0 Å². The van der Waals surface area contributed by atoms with Crippen molar-refractivity contribution < 1.29 is 43.0 Å². The molecule has 0 radical (unpaired) electrons. The first kappa shape index (κ1) is 18.6. The Morgan fingerprint density at radius 2 is 0.923 bits per heavy atom. The Bertz CT molecular complexity index is 280. The maximum Gasteiger partial charge on any atom is 2.00 e. The van der Waals surface area contributed by atoms with E-state index in [1.807, 2.05) is 0 Å². The maximum atomic E-state index is 9.33. The van der Waals surface area contributed by atoms with Crippen molar-refractivity contribution >= 4 is 20.2 Å². The Morgan fingerprint density at radius 3 is 0.923 bits per heavy atom. The molecular formula is C4H6FeO6S2. The third-order valence-corrected chi connectivity index (χ3v) is 1.22. The van der Waals surface area contributed by atoms with Crippen molar-refractivity contribution in [3.05, 3.63) is 24.0 Å². The third kappa shape index (κ3) is 33.7. The molecule has 0 saturated heterocycles. The van der Waals surface area contributed by atoms with Crippen LogP contribution in [0.3, 0.4) is 0 Å². The molecule has 0 aliphatic rings. The molecule has 0 heterocycles. The van der Waals surface area contributed by atoms with Gasteiger partial charge in [0.05, 0.1) is 0 Å². The molecule has 0 amide bonds. The summed E-state index contributed by atoms with van der Waals surface area (Å²) in [6.07, 6.45) is 0. The van der Waals surface area contributed by atoms with E-state index in [9.17, 15) is 25.9 Å². The Kier molecular flexibility index (Phi) is 10.4. The molecule has 0 atom stereocenters. The molecule has 9 heteroatoms. The third-order valence-electron chi connectivity index (χ3n) is 0.408. The first-order valence-corrected chi connectivity index (χ1v) is 5.23. The van der Waals surface area contributed by atoms with Crippen LogP contribution in [0.5, 0.6) is 0 Å². The molecule has 0 rings (SSSR count). The van der Waals surface area contributed by atoms with E-state index < -0.39 is 20.2 Å². The summed E-state index contributed by atoms with van der Waals surface area (Å²) in [5.74, 6) is 0. The van der Waals surface area contributed by atoms with E-state index >= 15 is 0 Å². The second-order valence-corrected chi connectivity index (χ2v) is 3.96. The molecule has 0 fully saturated rings. The number of rotatable bonds is 2. The fourth-order valence-electron chi connectivity index (χ4n) is 0. The van der Waals surface area contributed by atoms with Gasteiger partial charge in [-0.15, -0.1) is 0 Å². The van der Waals surface area contributed by atoms with Crippen molar-refractivity contribution in [1.29, 1.82) is 0 Å². The first-order chi connectivity index (χ1) is 5.12. The predicted octanol–water partition coefficient (Wildman–Crippen LogP) is -0.652. The Hall–Kier alpha value is -0.181. The van der Waals surface area contributed by atoms with E-state index in [0.29, 0.717) is 10.8 Å². The molecule has 78 valence electrons. The van der Waals surface area contributed by atoms with Crippen molar-refractivity contribution in [3.8, 4) is 0 Å². The van der Waals surface area contributed by atoms with Crippen LogP contribution in [0.15, 0.2) is 24.0 Å². The van der Waals surface area contributed by atoms with E-state index in [2.05, 4.69) is 13.2 Å². The van der Waals surface area contributed by atoms with Gasteiger partial charge in [0.15, 0.2) is 0 Å². The summed E-state index contributed by atoms with van der Waals surface area (Å²) in [5.41, 5.74) is 0. The van der Waals surface area contributed by atoms with Gasteiger partial charge in [0, 0.05) is 10.8 Å². The van der Waals surface area contributed by atoms with Gasteiger partial charge in [-0.3, -0.25) is 0 Å². The van der Waals surface area contributed by atoms with Gasteiger partial charge in [0.1, 0.15) is 20.2 Å². The van der Waals surface area contributed by atoms with Crippen LogP contribution in [-0.4, -0.2) is 25.9 Å². The summed E-state index contributed by atoms with van der Waals surface area (Å²) in [6.45, 7) is 5.46. The standard InChI is InChI=1S/2C2H4O3S.Fe/c2*1-2-6(3,4)5;/h2*2H,1H2,(H,3,4,5);/q;;+2/p-2. The minimum Gasteiger partial charge on any atom is -0.745 e. The average Bonchev–Trinajstić information content (AvgIpc) is 1.86. The van der Waals surface area contributed by atoms with Gasteiger partial charge in [-0.05, 0) is 0 Å². The zero-order valence-corrected chi connectivity index (χ0v) is 8.93. The van der Waals surface area contributed by atoms with Crippen molar-refractivity contribution in [2.24, 2.45) is 0 Å². The van der Waals surface area contributed by atoms with Crippen LogP contribution in [0.4, 0.5) is 0 Å². The zero-order chi connectivity index (χ0) is 10.4. The maximum absolute atomic E-state index is 9.33. The molecule has 0 N–H and O–H groups in total. The van der Waals surface area contributed by atoms with Crippen molar-refractivity contribution in [3.63, 3.8) is 0 Å². The average molecular weight is 270 g/mol. The van der Waals surface area contributed by atoms with Gasteiger partial charge < -0.3 is 9.11 Å². The summed E-state index contributed by atoms with van der Waals surface area (Å²) in [4.78, 5) is 0. The monoisotopic (exact) mass is 270 g/mol. The van der Waals surface area contributed by atoms with Gasteiger partial charge in [-0.2, -0.15) is 0 Å². The Balaban J connectivity index is -0.000000143. The molecule has 0 aromatic carbocycles. The molecule has 0 unspecified atom stereocenters. The van der Waals surface area contributed by atoms with Crippen LogP contribution in [-0.2, 0) is 37.3 Å². The fraction of sp³-hybridized carbons (Fsp3) is 0. The van der Waals surface area contributed by atoms with Gasteiger partial charge in [-0.25, -0.2) is 16.8 Å². The van der Waals surface area contributed by atoms with E-state index in [4.69, 9.17) is 0 Å². The molecular weight excluding hydrogens is 264 g/mol. The van der Waals surface area contributed by atoms with Gasteiger partial charge >= 0.3 is 17.1 Å². The van der Waals surface area contributed by atoms with Crippen LogP contribution in [0.2, 0.25) is 0 Å². The fourth-order valence-corrected chi connectivity index (χ4v) is 0. The van der Waals surface area contributed by atoms with Crippen LogP contribution >= 0.6 is 0 Å². The van der Waals surface area contributed by atoms with Crippen LogP contribution in [0, 0.1) is 0 Å². The van der Waals surface area contributed by atoms with E-state index in [-0.39, 0.29) is 17.1 Å². The molecule has 0 aromatic heterocycles. The first-order valence-electron chi connectivity index (χ1n) is 2.29. The molecule has 0 aromatic rings. The second-order valence-electron chi connectivity index (χ2n) is 1.32. The molecule has 0 bridgehead atoms. The Labute approximate surface area is 87.3 Å². The molecule has 13 heavy (non-hydrogen) atoms. The normalized spacial score (nSPS) is 10.0. The van der Waals surface area contributed by atoms with Crippen molar-refractivity contribution in [2.75, 3.05) is 0 Å². The van der Waals surface area contributed by atoms with Crippen LogP contribution < -0.4 is 0 Å². The van der Waals surface area contributed by atoms with E-state index in [1.165, 1.54) is 0 Å². The largest absolute Gasteiger partial charge is 2.00 e. The SMILES string of the molecule is C=CS(=O)(=O)[O-].C=CS(=O)(=O)[O-].[Fe+2]. The minimum absolute atomic E-state index is 0. The molecule has 0 spiro atoms. The number of hydrogen-bond acceptors (Lipinski definition) is 6. The van der Waals surface area contributed by atoms with Crippen LogP contribution in [0.25, 0.3) is 0 Å². The van der Waals surface area contributed by atoms with Crippen molar-refractivity contribution in [2.45, 2.75) is 0 Å². The van der Waals surface area contributed by atoms with Crippen LogP contribution in [0.1, 0.15) is 0 Å². The molecule has 0 aliphatic heterocycles. The quantitative estimate of drug-likeness (QED) is 0.486.